The van der Waals surface area contributed by atoms with Crippen LogP contribution >= 0.6 is 24.8 Å². The highest BCUT2D eigenvalue weighted by molar-refractivity contribution is 5.86. The average Bonchev–Trinajstić information content (AvgIpc) is 3.24. The van der Waals surface area contributed by atoms with Crippen molar-refractivity contribution in [3.63, 3.8) is 0 Å². The SMILES string of the molecule is Cl.Cl.O=C(N1CCN(c2cnccn2)CC1)C1(n2cccn2)CCNCC1. The molecule has 0 bridgehead atoms. The van der Waals surface area contributed by atoms with Gasteiger partial charge in [-0.2, -0.15) is 5.10 Å². The number of carbonyl (C=O) groups is 1. The fraction of sp³-hybridized carbons (Fsp3) is 0.529. The first-order valence-electron chi connectivity index (χ1n) is 8.81. The van der Waals surface area contributed by atoms with Crippen LogP contribution in [-0.4, -0.2) is 69.8 Å². The van der Waals surface area contributed by atoms with Gasteiger partial charge in [0.2, 0.25) is 0 Å². The van der Waals surface area contributed by atoms with Crippen LogP contribution in [0.3, 0.4) is 0 Å². The van der Waals surface area contributed by atoms with E-state index in [1.54, 1.807) is 24.8 Å². The van der Waals surface area contributed by atoms with Crippen LogP contribution in [0, 0.1) is 0 Å². The predicted octanol–water partition coefficient (Wildman–Crippen LogP) is 0.944. The number of piperazine rings is 1. The van der Waals surface area contributed by atoms with Crippen molar-refractivity contribution in [3.8, 4) is 0 Å². The lowest BCUT2D eigenvalue weighted by atomic mass is 9.86. The molecule has 2 aliphatic rings. The molecule has 27 heavy (non-hydrogen) atoms. The average molecular weight is 414 g/mol. The third-order valence-corrected chi connectivity index (χ3v) is 5.21. The Labute approximate surface area is 171 Å². The van der Waals surface area contributed by atoms with Crippen molar-refractivity contribution < 1.29 is 4.79 Å². The fourth-order valence-corrected chi connectivity index (χ4v) is 3.79. The summed E-state index contributed by atoms with van der Waals surface area (Å²) < 4.78 is 1.87. The molecule has 1 amide bonds. The molecule has 2 fully saturated rings. The van der Waals surface area contributed by atoms with Gasteiger partial charge in [-0.15, -0.1) is 24.8 Å². The van der Waals surface area contributed by atoms with Gasteiger partial charge in [0.1, 0.15) is 11.4 Å². The number of anilines is 1. The first-order valence-corrected chi connectivity index (χ1v) is 8.81. The molecular formula is C17H25Cl2N7O. The monoisotopic (exact) mass is 413 g/mol. The quantitative estimate of drug-likeness (QED) is 0.806. The van der Waals surface area contributed by atoms with E-state index >= 15 is 0 Å². The molecule has 2 aliphatic heterocycles. The van der Waals surface area contributed by atoms with Crippen LogP contribution in [0.5, 0.6) is 0 Å². The summed E-state index contributed by atoms with van der Waals surface area (Å²) in [4.78, 5) is 26.1. The Hall–Kier alpha value is -1.90. The molecule has 2 saturated heterocycles. The van der Waals surface area contributed by atoms with Gasteiger partial charge in [-0.1, -0.05) is 0 Å². The number of amides is 1. The highest BCUT2D eigenvalue weighted by Gasteiger charge is 2.44. The smallest absolute Gasteiger partial charge is 0.250 e. The van der Waals surface area contributed by atoms with Crippen molar-refractivity contribution >= 4 is 36.5 Å². The molecule has 4 rings (SSSR count). The Bertz CT molecular complexity index is 699. The highest BCUT2D eigenvalue weighted by Crippen LogP contribution is 2.30. The maximum absolute atomic E-state index is 13.4. The molecule has 4 heterocycles. The number of rotatable bonds is 3. The first kappa shape index (κ1) is 21.4. The van der Waals surface area contributed by atoms with Crippen molar-refractivity contribution in [2.45, 2.75) is 18.4 Å². The van der Waals surface area contributed by atoms with Crippen LogP contribution in [-0.2, 0) is 10.3 Å². The topological polar surface area (TPSA) is 79.2 Å². The number of hydrogen-bond acceptors (Lipinski definition) is 6. The largest absolute Gasteiger partial charge is 0.352 e. The second-order valence-corrected chi connectivity index (χ2v) is 6.58. The summed E-state index contributed by atoms with van der Waals surface area (Å²) in [7, 11) is 0. The number of halogens is 2. The van der Waals surface area contributed by atoms with E-state index in [2.05, 4.69) is 25.3 Å². The van der Waals surface area contributed by atoms with E-state index in [4.69, 9.17) is 0 Å². The van der Waals surface area contributed by atoms with E-state index in [0.717, 1.165) is 44.8 Å². The molecule has 2 aromatic rings. The van der Waals surface area contributed by atoms with Gasteiger partial charge in [-0.05, 0) is 32.0 Å². The summed E-state index contributed by atoms with van der Waals surface area (Å²) in [5.74, 6) is 1.06. The Morgan fingerprint density at radius 2 is 1.78 bits per heavy atom. The van der Waals surface area contributed by atoms with Gasteiger partial charge in [-0.25, -0.2) is 4.98 Å². The van der Waals surface area contributed by atoms with Gasteiger partial charge in [0.15, 0.2) is 0 Å². The van der Waals surface area contributed by atoms with Crippen LogP contribution in [0.1, 0.15) is 12.8 Å². The van der Waals surface area contributed by atoms with Gasteiger partial charge in [0.25, 0.3) is 5.91 Å². The summed E-state index contributed by atoms with van der Waals surface area (Å²) in [6.07, 6.45) is 10.4. The maximum Gasteiger partial charge on any atom is 0.250 e. The molecule has 0 aromatic carbocycles. The van der Waals surface area contributed by atoms with Gasteiger partial charge in [0, 0.05) is 51.0 Å². The van der Waals surface area contributed by atoms with E-state index in [1.165, 1.54) is 0 Å². The molecule has 0 spiro atoms. The van der Waals surface area contributed by atoms with Crippen molar-refractivity contribution in [3.05, 3.63) is 37.1 Å². The minimum absolute atomic E-state index is 0. The fourth-order valence-electron chi connectivity index (χ4n) is 3.79. The van der Waals surface area contributed by atoms with Crippen molar-refractivity contribution in [1.29, 1.82) is 0 Å². The van der Waals surface area contributed by atoms with Gasteiger partial charge in [0.05, 0.1) is 6.20 Å². The van der Waals surface area contributed by atoms with Crippen molar-refractivity contribution in [1.82, 2.24) is 30.0 Å². The maximum atomic E-state index is 13.4. The number of nitrogens with one attached hydrogen (secondary N) is 1. The van der Waals surface area contributed by atoms with Crippen LogP contribution < -0.4 is 10.2 Å². The minimum atomic E-state index is -0.552. The Morgan fingerprint density at radius 3 is 2.37 bits per heavy atom. The molecule has 148 valence electrons. The van der Waals surface area contributed by atoms with E-state index in [1.807, 2.05) is 21.8 Å². The van der Waals surface area contributed by atoms with Crippen LogP contribution in [0.15, 0.2) is 37.1 Å². The Morgan fingerprint density at radius 1 is 1.04 bits per heavy atom. The molecule has 0 radical (unpaired) electrons. The molecule has 0 aliphatic carbocycles. The zero-order chi connectivity index (χ0) is 17.1. The normalized spacial score (nSPS) is 19.0. The van der Waals surface area contributed by atoms with Gasteiger partial charge in [-0.3, -0.25) is 14.5 Å². The number of hydrogen-bond donors (Lipinski definition) is 1. The molecule has 2 aromatic heterocycles. The molecule has 1 N–H and O–H groups in total. The van der Waals surface area contributed by atoms with E-state index in [9.17, 15) is 4.79 Å². The number of carbonyl (C=O) groups excluding carboxylic acids is 1. The lowest BCUT2D eigenvalue weighted by molar-refractivity contribution is -0.143. The molecule has 0 atom stereocenters. The summed E-state index contributed by atoms with van der Waals surface area (Å²) in [6.45, 7) is 4.63. The third-order valence-electron chi connectivity index (χ3n) is 5.21. The van der Waals surface area contributed by atoms with E-state index in [0.29, 0.717) is 13.1 Å². The second-order valence-electron chi connectivity index (χ2n) is 6.58. The van der Waals surface area contributed by atoms with Crippen LogP contribution in [0.4, 0.5) is 5.82 Å². The van der Waals surface area contributed by atoms with Crippen molar-refractivity contribution in [2.24, 2.45) is 0 Å². The molecule has 0 saturated carbocycles. The Kier molecular flexibility index (Phi) is 7.41. The predicted molar refractivity (Wildman–Crippen MR) is 108 cm³/mol. The lowest BCUT2D eigenvalue weighted by Crippen LogP contribution is -2.59. The van der Waals surface area contributed by atoms with Gasteiger partial charge < -0.3 is 15.1 Å². The van der Waals surface area contributed by atoms with E-state index < -0.39 is 5.54 Å². The number of nitrogens with zero attached hydrogens (tertiary/aromatic N) is 6. The number of aromatic nitrogens is 4. The third kappa shape index (κ3) is 4.17. The van der Waals surface area contributed by atoms with Gasteiger partial charge >= 0.3 is 0 Å². The molecule has 8 nitrogen and oxygen atoms in total. The molecule has 10 heteroatoms. The molecular weight excluding hydrogens is 389 g/mol. The van der Waals surface area contributed by atoms with Crippen molar-refractivity contribution in [2.75, 3.05) is 44.2 Å². The zero-order valence-electron chi connectivity index (χ0n) is 15.0. The first-order chi connectivity index (χ1) is 12.3. The summed E-state index contributed by atoms with van der Waals surface area (Å²) >= 11 is 0. The summed E-state index contributed by atoms with van der Waals surface area (Å²) in [5, 5.41) is 7.76. The second kappa shape index (κ2) is 9.34. The lowest BCUT2D eigenvalue weighted by Gasteiger charge is -2.43. The zero-order valence-corrected chi connectivity index (χ0v) is 16.7. The Balaban J connectivity index is 0.00000131. The number of piperidine rings is 1. The van der Waals surface area contributed by atoms with E-state index in [-0.39, 0.29) is 30.7 Å². The highest BCUT2D eigenvalue weighted by atomic mass is 35.5. The molecule has 0 unspecified atom stereocenters. The van der Waals surface area contributed by atoms with Crippen LogP contribution in [0.25, 0.3) is 0 Å². The van der Waals surface area contributed by atoms with Crippen LogP contribution in [0.2, 0.25) is 0 Å². The summed E-state index contributed by atoms with van der Waals surface area (Å²) in [6, 6.07) is 1.89. The standard InChI is InChI=1S/C17H23N7O.2ClH/c25-16(17(2-5-18-6-3-17)24-9-1-4-21-24)23-12-10-22(11-13-23)15-14-19-7-8-20-15;;/h1,4,7-9,14,18H,2-3,5-6,10-13H2;2*1H. The summed E-state index contributed by atoms with van der Waals surface area (Å²) in [5.41, 5.74) is -0.552. The minimum Gasteiger partial charge on any atom is -0.352 e.